The van der Waals surface area contributed by atoms with E-state index in [1.54, 1.807) is 12.1 Å². The molecule has 0 unspecified atom stereocenters. The number of piperidine rings is 1. The Bertz CT molecular complexity index is 1290. The zero-order valence-electron chi connectivity index (χ0n) is 19.4. The predicted octanol–water partition coefficient (Wildman–Crippen LogP) is 4.93. The molecule has 34 heavy (non-hydrogen) atoms. The molecular formula is C27H29ClN4O2. The number of aromatic nitrogens is 2. The molecular weight excluding hydrogens is 448 g/mol. The number of hydrogen-bond acceptors (Lipinski definition) is 4. The molecule has 1 saturated heterocycles. The number of anilines is 2. The minimum atomic E-state index is -0.219. The van der Waals surface area contributed by atoms with Crippen LogP contribution in [0.3, 0.4) is 0 Å². The Kier molecular flexibility index (Phi) is 6.42. The van der Waals surface area contributed by atoms with Gasteiger partial charge in [0, 0.05) is 29.9 Å². The molecule has 1 atom stereocenters. The average Bonchev–Trinajstić information content (AvgIpc) is 2.86. The largest absolute Gasteiger partial charge is 0.354 e. The molecule has 3 aromatic rings. The summed E-state index contributed by atoms with van der Waals surface area (Å²) in [5.41, 5.74) is 4.96. The fourth-order valence-corrected chi connectivity index (χ4v) is 5.18. The molecule has 0 saturated carbocycles. The van der Waals surface area contributed by atoms with E-state index in [9.17, 15) is 9.59 Å². The van der Waals surface area contributed by atoms with Gasteiger partial charge in [-0.2, -0.15) is 4.68 Å². The van der Waals surface area contributed by atoms with E-state index < -0.39 is 0 Å². The average molecular weight is 477 g/mol. The fourth-order valence-electron chi connectivity index (χ4n) is 5.00. The second-order valence-electron chi connectivity index (χ2n) is 9.30. The Labute approximate surface area is 204 Å². The molecule has 1 aromatic heterocycles. The first-order chi connectivity index (χ1) is 16.5. The van der Waals surface area contributed by atoms with Crippen LogP contribution < -0.4 is 15.8 Å². The first-order valence-electron chi connectivity index (χ1n) is 12.0. The molecule has 2 aliphatic rings. The van der Waals surface area contributed by atoms with Crippen LogP contribution in [0.4, 0.5) is 11.5 Å². The van der Waals surface area contributed by atoms with Crippen LogP contribution in [-0.2, 0) is 17.6 Å². The summed E-state index contributed by atoms with van der Waals surface area (Å²) in [7, 11) is 0. The lowest BCUT2D eigenvalue weighted by atomic mass is 9.90. The smallest absolute Gasteiger partial charge is 0.271 e. The lowest BCUT2D eigenvalue weighted by Crippen LogP contribution is -2.42. The Morgan fingerprint density at radius 2 is 1.94 bits per heavy atom. The fraction of sp³-hybridized carbons (Fsp3) is 0.370. The van der Waals surface area contributed by atoms with Crippen molar-refractivity contribution < 1.29 is 4.79 Å². The third kappa shape index (κ3) is 4.60. The zero-order valence-corrected chi connectivity index (χ0v) is 20.1. The predicted molar refractivity (Wildman–Crippen MR) is 136 cm³/mol. The number of hydrogen-bond donors (Lipinski definition) is 1. The maximum Gasteiger partial charge on any atom is 0.271 e. The molecule has 1 aliphatic heterocycles. The van der Waals surface area contributed by atoms with Gasteiger partial charge in [0.2, 0.25) is 5.91 Å². The summed E-state index contributed by atoms with van der Waals surface area (Å²) in [6.45, 7) is 3.29. The van der Waals surface area contributed by atoms with Crippen LogP contribution in [0.15, 0.2) is 53.3 Å². The zero-order chi connectivity index (χ0) is 23.7. The van der Waals surface area contributed by atoms with Crippen molar-refractivity contribution in [2.45, 2.75) is 45.4 Å². The molecule has 2 aromatic carbocycles. The van der Waals surface area contributed by atoms with Crippen LogP contribution >= 0.6 is 11.6 Å². The van der Waals surface area contributed by atoms with E-state index in [0.717, 1.165) is 43.5 Å². The third-order valence-corrected chi connectivity index (χ3v) is 7.36. The number of rotatable bonds is 4. The van der Waals surface area contributed by atoms with Gasteiger partial charge in [-0.15, -0.1) is 5.10 Å². The second-order valence-corrected chi connectivity index (χ2v) is 9.71. The van der Waals surface area contributed by atoms with E-state index in [1.165, 1.54) is 34.7 Å². The van der Waals surface area contributed by atoms with Crippen LogP contribution in [-0.4, -0.2) is 28.8 Å². The highest BCUT2D eigenvalue weighted by Gasteiger charge is 2.28. The number of halogens is 1. The molecule has 6 nitrogen and oxygen atoms in total. The normalized spacial score (nSPS) is 17.8. The highest BCUT2D eigenvalue weighted by Crippen LogP contribution is 2.29. The van der Waals surface area contributed by atoms with Crippen LogP contribution in [0.25, 0.3) is 5.69 Å². The Hall–Kier alpha value is -3.12. The third-order valence-electron chi connectivity index (χ3n) is 6.96. The monoisotopic (exact) mass is 476 g/mol. The molecule has 1 fully saturated rings. The van der Waals surface area contributed by atoms with Gasteiger partial charge in [0.1, 0.15) is 5.82 Å². The summed E-state index contributed by atoms with van der Waals surface area (Å²) < 4.78 is 1.38. The molecule has 2 heterocycles. The van der Waals surface area contributed by atoms with Gasteiger partial charge in [-0.3, -0.25) is 9.59 Å². The van der Waals surface area contributed by atoms with Gasteiger partial charge < -0.3 is 10.2 Å². The number of carbonyl (C=O) groups excluding carboxylic acids is 1. The van der Waals surface area contributed by atoms with Crippen LogP contribution in [0.2, 0.25) is 5.02 Å². The standard InChI is InChI=1S/C27H29ClN4O2/c1-18-11-12-21(16-23(18)28)32-26(33)14-13-25(30-32)31-15-5-8-20(17-31)27(34)29-24-10-4-7-19-6-2-3-9-22(19)24/h4,7,10-14,16,20H,2-3,5-6,8-9,15,17H2,1H3,(H,29,34)/t20-/m1/s1. The van der Waals surface area contributed by atoms with Crippen molar-refractivity contribution in [2.75, 3.05) is 23.3 Å². The second kappa shape index (κ2) is 9.63. The van der Waals surface area contributed by atoms with Crippen LogP contribution in [0.1, 0.15) is 42.4 Å². The minimum Gasteiger partial charge on any atom is -0.354 e. The van der Waals surface area contributed by atoms with Gasteiger partial charge in [-0.25, -0.2) is 0 Å². The summed E-state index contributed by atoms with van der Waals surface area (Å²) in [4.78, 5) is 27.8. The van der Waals surface area contributed by atoms with Crippen molar-refractivity contribution in [3.05, 3.63) is 80.6 Å². The Balaban J connectivity index is 1.34. The van der Waals surface area contributed by atoms with Gasteiger partial charge in [-0.1, -0.05) is 29.8 Å². The number of carbonyl (C=O) groups is 1. The number of benzene rings is 2. The number of amides is 1. The quantitative estimate of drug-likeness (QED) is 0.579. The highest BCUT2D eigenvalue weighted by atomic mass is 35.5. The van der Waals surface area contributed by atoms with Crippen molar-refractivity contribution in [2.24, 2.45) is 5.92 Å². The van der Waals surface area contributed by atoms with Crippen LogP contribution in [0, 0.1) is 12.8 Å². The van der Waals surface area contributed by atoms with Crippen molar-refractivity contribution in [1.82, 2.24) is 9.78 Å². The molecule has 1 N–H and O–H groups in total. The molecule has 1 amide bonds. The first-order valence-corrected chi connectivity index (χ1v) is 12.4. The molecule has 0 bridgehead atoms. The van der Waals surface area contributed by atoms with Crippen molar-refractivity contribution in [1.29, 1.82) is 0 Å². The van der Waals surface area contributed by atoms with Crippen molar-refractivity contribution in [3.63, 3.8) is 0 Å². The van der Waals surface area contributed by atoms with Gasteiger partial charge in [0.05, 0.1) is 11.6 Å². The van der Waals surface area contributed by atoms with E-state index in [4.69, 9.17) is 11.6 Å². The van der Waals surface area contributed by atoms with E-state index in [-0.39, 0.29) is 17.4 Å². The molecule has 0 radical (unpaired) electrons. The lowest BCUT2D eigenvalue weighted by Gasteiger charge is -2.33. The Morgan fingerprint density at radius 3 is 2.79 bits per heavy atom. The maximum atomic E-state index is 13.2. The van der Waals surface area contributed by atoms with E-state index in [1.807, 2.05) is 31.2 Å². The first kappa shape index (κ1) is 22.7. The van der Waals surface area contributed by atoms with Gasteiger partial charge >= 0.3 is 0 Å². The number of aryl methyl sites for hydroxylation is 2. The number of fused-ring (bicyclic) bond motifs is 1. The minimum absolute atomic E-state index is 0.0577. The summed E-state index contributed by atoms with van der Waals surface area (Å²) in [5.74, 6) is 0.609. The van der Waals surface area contributed by atoms with E-state index in [0.29, 0.717) is 23.1 Å². The molecule has 1 aliphatic carbocycles. The van der Waals surface area contributed by atoms with Crippen LogP contribution in [0.5, 0.6) is 0 Å². The van der Waals surface area contributed by atoms with E-state index in [2.05, 4.69) is 21.4 Å². The summed E-state index contributed by atoms with van der Waals surface area (Å²) in [5, 5.41) is 8.42. The maximum absolute atomic E-state index is 13.2. The topological polar surface area (TPSA) is 67.2 Å². The molecule has 5 rings (SSSR count). The highest BCUT2D eigenvalue weighted by molar-refractivity contribution is 6.31. The van der Waals surface area contributed by atoms with Crippen molar-refractivity contribution >= 4 is 29.0 Å². The van der Waals surface area contributed by atoms with E-state index >= 15 is 0 Å². The SMILES string of the molecule is Cc1ccc(-n2nc(N3CCC[C@@H](C(=O)Nc4cccc5c4CCCC5)C3)ccc2=O)cc1Cl. The molecule has 0 spiro atoms. The van der Waals surface area contributed by atoms with Crippen molar-refractivity contribution in [3.8, 4) is 5.69 Å². The number of nitrogens with zero attached hydrogens (tertiary/aromatic N) is 3. The number of nitrogens with one attached hydrogen (secondary N) is 1. The summed E-state index contributed by atoms with van der Waals surface area (Å²) in [6.07, 6.45) is 6.23. The summed E-state index contributed by atoms with van der Waals surface area (Å²) in [6, 6.07) is 15.0. The lowest BCUT2D eigenvalue weighted by molar-refractivity contribution is -0.120. The molecule has 176 valence electrons. The summed E-state index contributed by atoms with van der Waals surface area (Å²) >= 11 is 6.27. The Morgan fingerprint density at radius 1 is 1.09 bits per heavy atom. The molecule has 7 heteroatoms. The van der Waals surface area contributed by atoms with Gasteiger partial charge in [0.15, 0.2) is 0 Å². The van der Waals surface area contributed by atoms with Gasteiger partial charge in [-0.05, 0) is 86.4 Å². The van der Waals surface area contributed by atoms with Gasteiger partial charge in [0.25, 0.3) is 5.56 Å².